The number of allylic oxidation sites excluding steroid dienone is 2. The quantitative estimate of drug-likeness (QED) is 0.605. The Morgan fingerprint density at radius 2 is 1.27 bits per heavy atom. The van der Waals surface area contributed by atoms with Crippen LogP contribution in [-0.2, 0) is 0 Å². The molecular weight excluding hydrogens is 182 g/mol. The first kappa shape index (κ1) is 14.4. The molecule has 0 N–H and O–H groups in total. The lowest BCUT2D eigenvalue weighted by atomic mass is 9.88. The van der Waals surface area contributed by atoms with Gasteiger partial charge in [0, 0.05) is 11.8 Å². The van der Waals surface area contributed by atoms with Crippen LogP contribution in [-0.4, -0.2) is 11.8 Å². The zero-order chi connectivity index (χ0) is 12.2. The largest absolute Gasteiger partial charge is 0.286 e. The van der Waals surface area contributed by atoms with Crippen molar-refractivity contribution in [3.63, 3.8) is 0 Å². The van der Waals surface area contributed by atoms with E-state index < -0.39 is 0 Å². The van der Waals surface area contributed by atoms with Crippen LogP contribution in [0, 0.1) is 11.8 Å². The lowest BCUT2D eigenvalue weighted by Crippen LogP contribution is -2.18. The van der Waals surface area contributed by atoms with Crippen LogP contribution in [0.1, 0.15) is 55.4 Å². The van der Waals surface area contributed by atoms with Gasteiger partial charge in [0.25, 0.3) is 0 Å². The molecular formula is C14H27N. The van der Waals surface area contributed by atoms with E-state index in [2.05, 4.69) is 55.4 Å². The fraction of sp³-hybridized carbons (Fsp3) is 0.786. The first-order valence-electron chi connectivity index (χ1n) is 6.02. The molecule has 0 amide bonds. The van der Waals surface area contributed by atoms with Gasteiger partial charge in [-0.1, -0.05) is 33.3 Å². The molecule has 0 saturated heterocycles. The molecule has 0 rings (SSSR count). The number of nitrogens with zero attached hydrogens (tertiary/aromatic N) is 1. The van der Waals surface area contributed by atoms with Gasteiger partial charge in [0.15, 0.2) is 0 Å². The summed E-state index contributed by atoms with van der Waals surface area (Å²) < 4.78 is 0. The Morgan fingerprint density at radius 3 is 1.47 bits per heavy atom. The number of hydrogen-bond acceptors (Lipinski definition) is 1. The molecule has 0 aliphatic rings. The Labute approximate surface area is 95.7 Å². The summed E-state index contributed by atoms with van der Waals surface area (Å²) in [6.45, 7) is 17.6. The van der Waals surface area contributed by atoms with Crippen molar-refractivity contribution < 1.29 is 0 Å². The van der Waals surface area contributed by atoms with Crippen molar-refractivity contribution in [2.75, 3.05) is 0 Å². The summed E-state index contributed by atoms with van der Waals surface area (Å²) in [6.07, 6.45) is 0. The molecule has 0 saturated carbocycles. The van der Waals surface area contributed by atoms with E-state index in [1.165, 1.54) is 16.9 Å². The molecule has 0 aromatic heterocycles. The second kappa shape index (κ2) is 6.09. The van der Waals surface area contributed by atoms with Gasteiger partial charge in [0.2, 0.25) is 0 Å². The average molecular weight is 209 g/mol. The van der Waals surface area contributed by atoms with E-state index >= 15 is 0 Å². The van der Waals surface area contributed by atoms with E-state index in [-0.39, 0.29) is 0 Å². The van der Waals surface area contributed by atoms with Crippen molar-refractivity contribution in [1.29, 1.82) is 0 Å². The smallest absolute Gasteiger partial charge is 0.0446 e. The summed E-state index contributed by atoms with van der Waals surface area (Å²) in [5, 5.41) is 0. The molecule has 0 aliphatic carbocycles. The van der Waals surface area contributed by atoms with Gasteiger partial charge in [0.05, 0.1) is 0 Å². The lowest BCUT2D eigenvalue weighted by molar-refractivity contribution is 0.743. The minimum Gasteiger partial charge on any atom is -0.286 e. The Bertz CT molecular complexity index is 251. The monoisotopic (exact) mass is 209 g/mol. The maximum absolute atomic E-state index is 4.78. The molecule has 0 aliphatic heterocycles. The van der Waals surface area contributed by atoms with E-state index in [1.807, 2.05) is 0 Å². The van der Waals surface area contributed by atoms with Crippen molar-refractivity contribution in [2.24, 2.45) is 16.8 Å². The summed E-state index contributed by atoms with van der Waals surface area (Å²) in [4.78, 5) is 4.78. The van der Waals surface area contributed by atoms with Gasteiger partial charge in [-0.15, -0.1) is 0 Å². The van der Waals surface area contributed by atoms with Crippen molar-refractivity contribution in [3.05, 3.63) is 11.1 Å². The maximum atomic E-state index is 4.78. The number of hydrogen-bond donors (Lipinski definition) is 0. The van der Waals surface area contributed by atoms with Gasteiger partial charge in [-0.2, -0.15) is 0 Å². The Hall–Kier alpha value is -0.590. The summed E-state index contributed by atoms with van der Waals surface area (Å²) in [7, 11) is 0. The summed E-state index contributed by atoms with van der Waals surface area (Å²) in [5.41, 5.74) is 4.14. The molecule has 0 spiro atoms. The predicted molar refractivity (Wildman–Crippen MR) is 70.6 cm³/mol. The molecule has 1 nitrogen and oxygen atoms in total. The Morgan fingerprint density at radius 1 is 0.800 bits per heavy atom. The molecule has 0 aromatic rings. The third kappa shape index (κ3) is 4.63. The number of aliphatic imine (C=N–C) groups is 1. The third-order valence-corrected chi connectivity index (χ3v) is 2.34. The topological polar surface area (TPSA) is 12.4 Å². The van der Waals surface area contributed by atoms with Gasteiger partial charge in [-0.3, -0.25) is 4.99 Å². The highest BCUT2D eigenvalue weighted by molar-refractivity contribution is 6.02. The maximum Gasteiger partial charge on any atom is 0.0446 e. The summed E-state index contributed by atoms with van der Waals surface area (Å²) >= 11 is 0. The normalized spacial score (nSPS) is 12.9. The Balaban J connectivity index is 5.33. The molecule has 0 atom stereocenters. The highest BCUT2D eigenvalue weighted by atomic mass is 14.8. The van der Waals surface area contributed by atoms with Crippen molar-refractivity contribution in [3.8, 4) is 0 Å². The van der Waals surface area contributed by atoms with Crippen LogP contribution in [0.15, 0.2) is 16.1 Å². The first-order chi connectivity index (χ1) is 6.77. The van der Waals surface area contributed by atoms with Crippen LogP contribution in [0.5, 0.6) is 0 Å². The van der Waals surface area contributed by atoms with E-state index in [4.69, 9.17) is 4.99 Å². The molecule has 0 aromatic carbocycles. The van der Waals surface area contributed by atoms with Crippen LogP contribution >= 0.6 is 0 Å². The second-order valence-corrected chi connectivity index (χ2v) is 5.33. The standard InChI is InChI=1S/C14H27N/c1-9(2)13(10(3)4)14(11(5)6)15-12(7)8/h9,11-12H,1-8H3. The fourth-order valence-electron chi connectivity index (χ4n) is 1.94. The van der Waals surface area contributed by atoms with E-state index in [1.54, 1.807) is 0 Å². The van der Waals surface area contributed by atoms with E-state index in [0.29, 0.717) is 17.9 Å². The number of rotatable bonds is 4. The minimum atomic E-state index is 0.385. The Kier molecular flexibility index (Phi) is 5.85. The molecule has 0 heterocycles. The predicted octanol–water partition coefficient (Wildman–Crippen LogP) is 4.48. The zero-order valence-electron chi connectivity index (χ0n) is 11.7. The van der Waals surface area contributed by atoms with Crippen LogP contribution in [0.4, 0.5) is 0 Å². The van der Waals surface area contributed by atoms with Crippen molar-refractivity contribution in [1.82, 2.24) is 0 Å². The van der Waals surface area contributed by atoms with Crippen LogP contribution in [0.2, 0.25) is 0 Å². The van der Waals surface area contributed by atoms with Crippen molar-refractivity contribution >= 4 is 5.71 Å². The van der Waals surface area contributed by atoms with Gasteiger partial charge in [-0.25, -0.2) is 0 Å². The fourth-order valence-corrected chi connectivity index (χ4v) is 1.94. The highest BCUT2D eigenvalue weighted by Crippen LogP contribution is 2.21. The van der Waals surface area contributed by atoms with Gasteiger partial charge >= 0.3 is 0 Å². The summed E-state index contributed by atoms with van der Waals surface area (Å²) in [6, 6.07) is 0.385. The third-order valence-electron chi connectivity index (χ3n) is 2.34. The van der Waals surface area contributed by atoms with Crippen LogP contribution in [0.25, 0.3) is 0 Å². The zero-order valence-corrected chi connectivity index (χ0v) is 11.7. The van der Waals surface area contributed by atoms with Crippen LogP contribution in [0.3, 0.4) is 0 Å². The lowest BCUT2D eigenvalue weighted by Gasteiger charge is -2.20. The SMILES string of the molecule is CC(C)=C(C(=NC(C)C)C(C)C)C(C)C. The van der Waals surface area contributed by atoms with Gasteiger partial charge in [0.1, 0.15) is 0 Å². The molecule has 0 bridgehead atoms. The minimum absolute atomic E-state index is 0.385. The summed E-state index contributed by atoms with van der Waals surface area (Å²) in [5.74, 6) is 1.08. The van der Waals surface area contributed by atoms with Crippen LogP contribution < -0.4 is 0 Å². The molecule has 0 unspecified atom stereocenters. The molecule has 0 radical (unpaired) electrons. The molecule has 0 fully saturated rings. The van der Waals surface area contributed by atoms with Crippen molar-refractivity contribution in [2.45, 2.75) is 61.4 Å². The molecule has 88 valence electrons. The van der Waals surface area contributed by atoms with E-state index in [9.17, 15) is 0 Å². The van der Waals surface area contributed by atoms with E-state index in [0.717, 1.165) is 0 Å². The van der Waals surface area contributed by atoms with Gasteiger partial charge in [-0.05, 0) is 45.1 Å². The molecule has 1 heteroatoms. The van der Waals surface area contributed by atoms with Gasteiger partial charge < -0.3 is 0 Å². The first-order valence-corrected chi connectivity index (χ1v) is 6.02. The average Bonchev–Trinajstić information content (AvgIpc) is 2.00. The second-order valence-electron chi connectivity index (χ2n) is 5.33. The molecule has 15 heavy (non-hydrogen) atoms. The highest BCUT2D eigenvalue weighted by Gasteiger charge is 2.16.